The predicted octanol–water partition coefficient (Wildman–Crippen LogP) is 5.88. The first-order valence-corrected chi connectivity index (χ1v) is 10.5. The molecule has 0 saturated heterocycles. The fraction of sp³-hybridized carbons (Fsp3) is 0.400. The number of aryl methyl sites for hydroxylation is 1. The molecule has 2 nitrogen and oxygen atoms in total. The van der Waals surface area contributed by atoms with Crippen molar-refractivity contribution in [2.45, 2.75) is 52.0 Å². The minimum absolute atomic E-state index is 0.666. The maximum absolute atomic E-state index is 4.98. The van der Waals surface area contributed by atoms with E-state index in [0.717, 1.165) is 17.6 Å². The average molecular weight is 359 g/mol. The Kier molecular flexibility index (Phi) is 5.54. The van der Waals surface area contributed by atoms with Crippen LogP contribution in [0.4, 0.5) is 0 Å². The van der Waals surface area contributed by atoms with Crippen LogP contribution in [0.3, 0.4) is 0 Å². The topological polar surface area (TPSA) is 16.1 Å². The summed E-state index contributed by atoms with van der Waals surface area (Å²) >= 11 is 0. The second-order valence-corrected chi connectivity index (χ2v) is 7.77. The van der Waals surface area contributed by atoms with Crippen molar-refractivity contribution in [3.05, 3.63) is 65.7 Å². The van der Waals surface area contributed by atoms with E-state index < -0.39 is 0 Å². The molecule has 4 rings (SSSR count). The summed E-state index contributed by atoms with van der Waals surface area (Å²) in [7, 11) is 0. The monoisotopic (exact) mass is 358 g/mol. The van der Waals surface area contributed by atoms with E-state index in [0.29, 0.717) is 6.04 Å². The Bertz CT molecular complexity index is 909. The molecule has 0 radical (unpaired) electrons. The first kappa shape index (κ1) is 18.2. The third-order valence-corrected chi connectivity index (χ3v) is 5.87. The lowest BCUT2D eigenvalue weighted by Crippen LogP contribution is -2.40. The molecule has 0 N–H and O–H groups in total. The largest absolute Gasteiger partial charge is 0.300 e. The Morgan fingerprint density at radius 3 is 2.56 bits per heavy atom. The van der Waals surface area contributed by atoms with Gasteiger partial charge in [0.25, 0.3) is 0 Å². The highest BCUT2D eigenvalue weighted by Gasteiger charge is 2.25. The molecule has 0 bridgehead atoms. The lowest BCUT2D eigenvalue weighted by atomic mass is 9.83. The van der Waals surface area contributed by atoms with Crippen LogP contribution < -0.4 is 0 Å². The van der Waals surface area contributed by atoms with Crippen LogP contribution in [0.2, 0.25) is 0 Å². The molecule has 1 atom stereocenters. The van der Waals surface area contributed by atoms with E-state index in [9.17, 15) is 0 Å². The molecular formula is C25H30N2. The summed E-state index contributed by atoms with van der Waals surface area (Å²) < 4.78 is 0. The number of benzene rings is 2. The van der Waals surface area contributed by atoms with Gasteiger partial charge < -0.3 is 4.90 Å². The van der Waals surface area contributed by atoms with Crippen LogP contribution in [0.1, 0.15) is 44.2 Å². The zero-order valence-corrected chi connectivity index (χ0v) is 16.6. The SMILES string of the molecule is CCCN(CCC)C1CCc2cccc(-c3ccc4ccccc4n3)c2C1. The lowest BCUT2D eigenvalue weighted by molar-refractivity contribution is 0.180. The summed E-state index contributed by atoms with van der Waals surface area (Å²) in [6.45, 7) is 7.02. The molecule has 27 heavy (non-hydrogen) atoms. The number of hydrogen-bond acceptors (Lipinski definition) is 2. The molecule has 0 aliphatic heterocycles. The molecule has 2 aromatic carbocycles. The number of fused-ring (bicyclic) bond motifs is 2. The van der Waals surface area contributed by atoms with Crippen molar-refractivity contribution in [2.24, 2.45) is 0 Å². The molecule has 1 heterocycles. The van der Waals surface area contributed by atoms with E-state index in [4.69, 9.17) is 4.98 Å². The molecule has 1 aromatic heterocycles. The molecule has 140 valence electrons. The highest BCUT2D eigenvalue weighted by atomic mass is 15.1. The van der Waals surface area contributed by atoms with Crippen LogP contribution in [0.15, 0.2) is 54.6 Å². The molecule has 0 amide bonds. The van der Waals surface area contributed by atoms with E-state index >= 15 is 0 Å². The van der Waals surface area contributed by atoms with Gasteiger partial charge in [0.2, 0.25) is 0 Å². The number of pyridine rings is 1. The third kappa shape index (κ3) is 3.77. The van der Waals surface area contributed by atoms with Crippen molar-refractivity contribution >= 4 is 10.9 Å². The summed E-state index contributed by atoms with van der Waals surface area (Å²) in [6.07, 6.45) is 6.08. The third-order valence-electron chi connectivity index (χ3n) is 5.87. The molecule has 0 spiro atoms. The highest BCUT2D eigenvalue weighted by Crippen LogP contribution is 2.33. The second-order valence-electron chi connectivity index (χ2n) is 7.77. The number of rotatable bonds is 6. The van der Waals surface area contributed by atoms with Crippen LogP contribution in [0, 0.1) is 0 Å². The van der Waals surface area contributed by atoms with Crippen LogP contribution in [-0.4, -0.2) is 29.0 Å². The smallest absolute Gasteiger partial charge is 0.0712 e. The fourth-order valence-corrected chi connectivity index (χ4v) is 4.59. The van der Waals surface area contributed by atoms with Crippen molar-refractivity contribution in [3.63, 3.8) is 0 Å². The minimum Gasteiger partial charge on any atom is -0.300 e. The van der Waals surface area contributed by atoms with Gasteiger partial charge in [0.15, 0.2) is 0 Å². The number of nitrogens with zero attached hydrogens (tertiary/aromatic N) is 2. The van der Waals surface area contributed by atoms with E-state index in [2.05, 4.69) is 73.3 Å². The maximum atomic E-state index is 4.98. The van der Waals surface area contributed by atoms with E-state index in [1.54, 1.807) is 0 Å². The van der Waals surface area contributed by atoms with E-state index in [1.165, 1.54) is 60.8 Å². The predicted molar refractivity (Wildman–Crippen MR) is 115 cm³/mol. The Hall–Kier alpha value is -2.19. The van der Waals surface area contributed by atoms with E-state index in [1.807, 2.05) is 0 Å². The first-order chi connectivity index (χ1) is 13.3. The summed E-state index contributed by atoms with van der Waals surface area (Å²) in [5, 5.41) is 1.21. The average Bonchev–Trinajstić information content (AvgIpc) is 2.72. The Labute approximate surface area is 163 Å². The van der Waals surface area contributed by atoms with Gasteiger partial charge in [0.05, 0.1) is 11.2 Å². The van der Waals surface area contributed by atoms with Gasteiger partial charge in [-0.2, -0.15) is 0 Å². The standard InChI is InChI=1S/C25H30N2/c1-3-16-27(17-4-2)21-14-12-19-9-7-10-22(23(19)18-21)25-15-13-20-8-5-6-11-24(20)26-25/h5-11,13,15,21H,3-4,12,14,16-18H2,1-2H3. The summed E-state index contributed by atoms with van der Waals surface area (Å²) in [4.78, 5) is 7.70. The fourth-order valence-electron chi connectivity index (χ4n) is 4.59. The zero-order valence-electron chi connectivity index (χ0n) is 16.6. The van der Waals surface area contributed by atoms with Crippen molar-refractivity contribution < 1.29 is 0 Å². The Morgan fingerprint density at radius 1 is 0.926 bits per heavy atom. The van der Waals surface area contributed by atoms with Crippen molar-refractivity contribution in [1.82, 2.24) is 9.88 Å². The normalized spacial score (nSPS) is 16.6. The van der Waals surface area contributed by atoms with Gasteiger partial charge in [-0.15, -0.1) is 0 Å². The highest BCUT2D eigenvalue weighted by molar-refractivity contribution is 5.82. The molecule has 1 aliphatic carbocycles. The van der Waals surface area contributed by atoms with Crippen LogP contribution >= 0.6 is 0 Å². The first-order valence-electron chi connectivity index (χ1n) is 10.5. The van der Waals surface area contributed by atoms with Crippen molar-refractivity contribution in [3.8, 4) is 11.3 Å². The molecule has 1 unspecified atom stereocenters. The molecule has 3 aromatic rings. The van der Waals surface area contributed by atoms with Crippen molar-refractivity contribution in [2.75, 3.05) is 13.1 Å². The molecule has 2 heteroatoms. The van der Waals surface area contributed by atoms with Gasteiger partial charge in [-0.3, -0.25) is 0 Å². The number of hydrogen-bond donors (Lipinski definition) is 0. The summed E-state index contributed by atoms with van der Waals surface area (Å²) in [5.74, 6) is 0. The molecule has 0 saturated carbocycles. The van der Waals surface area contributed by atoms with Gasteiger partial charge in [0.1, 0.15) is 0 Å². The second kappa shape index (κ2) is 8.22. The lowest BCUT2D eigenvalue weighted by Gasteiger charge is -2.35. The quantitative estimate of drug-likeness (QED) is 0.547. The Balaban J connectivity index is 1.70. The van der Waals surface area contributed by atoms with Gasteiger partial charge in [-0.1, -0.05) is 56.3 Å². The Morgan fingerprint density at radius 2 is 1.74 bits per heavy atom. The van der Waals surface area contributed by atoms with Crippen LogP contribution in [-0.2, 0) is 12.8 Å². The van der Waals surface area contributed by atoms with Crippen LogP contribution in [0.25, 0.3) is 22.2 Å². The molecule has 0 fully saturated rings. The zero-order chi connectivity index (χ0) is 18.6. The van der Waals surface area contributed by atoms with Crippen LogP contribution in [0.5, 0.6) is 0 Å². The minimum atomic E-state index is 0.666. The van der Waals surface area contributed by atoms with Gasteiger partial charge in [-0.25, -0.2) is 4.98 Å². The van der Waals surface area contributed by atoms with Crippen molar-refractivity contribution in [1.29, 1.82) is 0 Å². The summed E-state index contributed by atoms with van der Waals surface area (Å²) in [6, 6.07) is 20.3. The molecular weight excluding hydrogens is 328 g/mol. The summed E-state index contributed by atoms with van der Waals surface area (Å²) in [5.41, 5.74) is 6.57. The van der Waals surface area contributed by atoms with Gasteiger partial charge in [0, 0.05) is 17.0 Å². The van der Waals surface area contributed by atoms with E-state index in [-0.39, 0.29) is 0 Å². The number of para-hydroxylation sites is 1. The van der Waals surface area contributed by atoms with Gasteiger partial charge in [-0.05, 0) is 68.5 Å². The molecule has 1 aliphatic rings. The maximum Gasteiger partial charge on any atom is 0.0712 e. The van der Waals surface area contributed by atoms with Gasteiger partial charge >= 0.3 is 0 Å². The number of aromatic nitrogens is 1.